The SMILES string of the molecule is CC[N-]CC.CC[N-]CC.Cc1nnc(C=Nc2ccccc2)[n-]1.[Zr+3]. The molecule has 1 aromatic heterocycles. The van der Waals surface area contributed by atoms with E-state index in [4.69, 9.17) is 0 Å². The van der Waals surface area contributed by atoms with Crippen LogP contribution >= 0.6 is 0 Å². The first-order valence-corrected chi connectivity index (χ1v) is 8.37. The third-order valence-electron chi connectivity index (χ3n) is 2.55. The Morgan fingerprint density at radius 3 is 1.80 bits per heavy atom. The van der Waals surface area contributed by atoms with E-state index in [-0.39, 0.29) is 26.2 Å². The second-order valence-electron chi connectivity index (χ2n) is 4.52. The molecule has 135 valence electrons. The van der Waals surface area contributed by atoms with E-state index in [1.165, 1.54) is 0 Å². The number of aliphatic imine (C=N–C) groups is 1. The average molecular weight is 421 g/mol. The van der Waals surface area contributed by atoms with Gasteiger partial charge < -0.3 is 25.8 Å². The summed E-state index contributed by atoms with van der Waals surface area (Å²) in [5, 5.41) is 15.5. The Hall–Kier alpha value is -1.17. The van der Waals surface area contributed by atoms with Crippen molar-refractivity contribution < 1.29 is 26.2 Å². The summed E-state index contributed by atoms with van der Waals surface area (Å²) in [6.45, 7) is 13.9. The molecule has 0 unspecified atom stereocenters. The van der Waals surface area contributed by atoms with E-state index >= 15 is 0 Å². The van der Waals surface area contributed by atoms with Gasteiger partial charge in [-0.05, 0) is 24.9 Å². The second-order valence-corrected chi connectivity index (χ2v) is 4.52. The first kappa shape index (κ1) is 26.1. The van der Waals surface area contributed by atoms with Gasteiger partial charge in [-0.3, -0.25) is 4.99 Å². The Morgan fingerprint density at radius 2 is 1.44 bits per heavy atom. The van der Waals surface area contributed by atoms with Gasteiger partial charge in [0, 0.05) is 12.0 Å². The van der Waals surface area contributed by atoms with Crippen molar-refractivity contribution in [1.29, 1.82) is 0 Å². The minimum absolute atomic E-state index is 0. The van der Waals surface area contributed by atoms with Crippen molar-refractivity contribution in [2.45, 2.75) is 34.6 Å². The van der Waals surface area contributed by atoms with Gasteiger partial charge in [0.15, 0.2) is 0 Å². The van der Waals surface area contributed by atoms with Gasteiger partial charge in [-0.25, -0.2) is 0 Å². The Morgan fingerprint density at radius 1 is 0.920 bits per heavy atom. The zero-order chi connectivity index (χ0) is 18.0. The molecule has 0 aliphatic carbocycles. The number of aromatic nitrogens is 3. The fourth-order valence-corrected chi connectivity index (χ4v) is 1.48. The summed E-state index contributed by atoms with van der Waals surface area (Å²) in [6.07, 6.45) is 1.61. The van der Waals surface area contributed by atoms with E-state index in [9.17, 15) is 0 Å². The van der Waals surface area contributed by atoms with E-state index in [2.05, 4.69) is 30.8 Å². The standard InChI is InChI=1S/C10H9N4.2C4H10N.Zr/c1-8-12-10(14-13-8)7-11-9-5-3-2-4-6-9;2*1-3-5-4-2;/h2-7H,1H3;2*3-4H2,1-2H3;/q3*-1;+3. The van der Waals surface area contributed by atoms with Crippen LogP contribution < -0.4 is 4.98 Å². The number of rotatable bonds is 6. The zero-order valence-electron chi connectivity index (χ0n) is 16.0. The van der Waals surface area contributed by atoms with E-state index in [0.717, 1.165) is 31.9 Å². The summed E-state index contributed by atoms with van der Waals surface area (Å²) < 4.78 is 0. The minimum Gasteiger partial charge on any atom is -0.663 e. The van der Waals surface area contributed by atoms with Crippen molar-refractivity contribution in [2.75, 3.05) is 26.2 Å². The fraction of sp³-hybridized carbons (Fsp3) is 0.500. The van der Waals surface area contributed by atoms with E-state index in [1.807, 2.05) is 58.0 Å². The maximum Gasteiger partial charge on any atom is 3.00 e. The molecule has 1 heterocycles. The average Bonchev–Trinajstić information content (AvgIpc) is 3.02. The third-order valence-corrected chi connectivity index (χ3v) is 2.55. The third kappa shape index (κ3) is 16.1. The summed E-state index contributed by atoms with van der Waals surface area (Å²) in [5.74, 6) is 1.21. The van der Waals surface area contributed by atoms with Crippen molar-refractivity contribution in [2.24, 2.45) is 4.99 Å². The molecule has 25 heavy (non-hydrogen) atoms. The van der Waals surface area contributed by atoms with Crippen molar-refractivity contribution in [1.82, 2.24) is 15.2 Å². The number of para-hydroxylation sites is 1. The van der Waals surface area contributed by atoms with Crippen LogP contribution in [0.1, 0.15) is 39.3 Å². The summed E-state index contributed by atoms with van der Waals surface area (Å²) in [4.78, 5) is 8.25. The van der Waals surface area contributed by atoms with E-state index in [0.29, 0.717) is 11.6 Å². The molecule has 0 fully saturated rings. The second kappa shape index (κ2) is 19.2. The number of aryl methyl sites for hydroxylation is 1. The molecular weight excluding hydrogens is 391 g/mol. The van der Waals surface area contributed by atoms with Crippen molar-refractivity contribution in [3.8, 4) is 0 Å². The maximum absolute atomic E-state index is 4.20. The normalized spacial score (nSPS) is 9.48. The maximum atomic E-state index is 4.20. The van der Waals surface area contributed by atoms with Crippen molar-refractivity contribution in [3.05, 3.63) is 52.6 Å². The summed E-state index contributed by atoms with van der Waals surface area (Å²) in [7, 11) is 0. The van der Waals surface area contributed by atoms with E-state index in [1.54, 1.807) is 13.1 Å². The predicted molar refractivity (Wildman–Crippen MR) is 103 cm³/mol. The van der Waals surface area contributed by atoms with E-state index < -0.39 is 0 Å². The van der Waals surface area contributed by atoms with Gasteiger partial charge in [0.05, 0.1) is 5.69 Å². The van der Waals surface area contributed by atoms with Crippen LogP contribution in [-0.2, 0) is 26.2 Å². The van der Waals surface area contributed by atoms with Gasteiger partial charge in [0.2, 0.25) is 0 Å². The topological polar surface area (TPSA) is 80.4 Å². The fourth-order valence-electron chi connectivity index (χ4n) is 1.48. The van der Waals surface area contributed by atoms with Crippen LogP contribution in [0, 0.1) is 6.92 Å². The first-order chi connectivity index (χ1) is 11.7. The smallest absolute Gasteiger partial charge is 0.663 e. The molecule has 6 nitrogen and oxygen atoms in total. The van der Waals surface area contributed by atoms with Crippen LogP contribution in [0.25, 0.3) is 10.6 Å². The number of benzene rings is 1. The molecule has 0 aliphatic rings. The molecule has 2 rings (SSSR count). The molecule has 0 aliphatic heterocycles. The minimum atomic E-state index is 0. The first-order valence-electron chi connectivity index (χ1n) is 8.37. The Labute approximate surface area is 171 Å². The van der Waals surface area contributed by atoms with Crippen molar-refractivity contribution in [3.63, 3.8) is 0 Å². The van der Waals surface area contributed by atoms with Crippen LogP contribution in [0.3, 0.4) is 0 Å². The van der Waals surface area contributed by atoms with Crippen LogP contribution in [0.4, 0.5) is 5.69 Å². The molecule has 0 bridgehead atoms. The molecule has 1 aromatic carbocycles. The van der Waals surface area contributed by atoms with Gasteiger partial charge in [-0.2, -0.15) is 26.2 Å². The molecule has 0 N–H and O–H groups in total. The van der Waals surface area contributed by atoms with Gasteiger partial charge in [0.25, 0.3) is 0 Å². The number of nitrogens with zero attached hydrogens (tertiary/aromatic N) is 6. The molecule has 1 radical (unpaired) electrons. The van der Waals surface area contributed by atoms with Crippen LogP contribution in [0.2, 0.25) is 0 Å². The zero-order valence-corrected chi connectivity index (χ0v) is 18.4. The van der Waals surface area contributed by atoms with Crippen LogP contribution in [0.15, 0.2) is 35.3 Å². The predicted octanol–water partition coefficient (Wildman–Crippen LogP) is 4.29. The Bertz CT molecular complexity index is 517. The molecule has 0 saturated heterocycles. The molecular formula is C18H29N6Zr. The quantitative estimate of drug-likeness (QED) is 0.654. The summed E-state index contributed by atoms with van der Waals surface area (Å²) >= 11 is 0. The summed E-state index contributed by atoms with van der Waals surface area (Å²) in [5.41, 5.74) is 0.884. The molecule has 0 saturated carbocycles. The van der Waals surface area contributed by atoms with Gasteiger partial charge in [-0.15, -0.1) is 0 Å². The van der Waals surface area contributed by atoms with Gasteiger partial charge >= 0.3 is 26.2 Å². The van der Waals surface area contributed by atoms with Crippen LogP contribution in [-0.4, -0.2) is 42.6 Å². The molecule has 0 atom stereocenters. The summed E-state index contributed by atoms with van der Waals surface area (Å²) in [6, 6.07) is 9.65. The van der Waals surface area contributed by atoms with Crippen molar-refractivity contribution >= 4 is 11.9 Å². The van der Waals surface area contributed by atoms with Crippen LogP contribution in [0.5, 0.6) is 0 Å². The monoisotopic (exact) mass is 419 g/mol. The van der Waals surface area contributed by atoms with Gasteiger partial charge in [-0.1, -0.05) is 45.9 Å². The molecule has 7 heteroatoms. The Kier molecular flexibility index (Phi) is 20.0. The molecule has 0 amide bonds. The Balaban J connectivity index is 0. The largest absolute Gasteiger partial charge is 3.00 e. The van der Waals surface area contributed by atoms with Gasteiger partial charge in [0.1, 0.15) is 0 Å². The molecule has 0 spiro atoms. The molecule has 2 aromatic rings. The number of hydrogen-bond acceptors (Lipinski definition) is 3. The number of hydrogen-bond donors (Lipinski definition) is 0.